The van der Waals surface area contributed by atoms with Gasteiger partial charge in [0.25, 0.3) is 0 Å². The first-order valence-corrected chi connectivity index (χ1v) is 7.97. The predicted molar refractivity (Wildman–Crippen MR) is 72.8 cm³/mol. The van der Waals surface area contributed by atoms with Crippen molar-refractivity contribution in [3.63, 3.8) is 0 Å². The number of nitrogens with one attached hydrogen (secondary N) is 2. The summed E-state index contributed by atoms with van der Waals surface area (Å²) < 4.78 is 26.4. The van der Waals surface area contributed by atoms with E-state index in [-0.39, 0.29) is 11.8 Å². The molecule has 2 rings (SSSR count). The fourth-order valence-corrected chi connectivity index (χ4v) is 3.56. The fraction of sp³-hybridized carbons (Fsp3) is 0.538. The minimum Gasteiger partial charge on any atom is -0.313 e. The Bertz CT molecular complexity index is 493. The SMILES string of the molecule is Cc1cccc(CNS(=O)(=O)CC2CCCN2)c1. The molecule has 1 aliphatic heterocycles. The van der Waals surface area contributed by atoms with Gasteiger partial charge in [0.2, 0.25) is 10.0 Å². The van der Waals surface area contributed by atoms with E-state index in [4.69, 9.17) is 0 Å². The summed E-state index contributed by atoms with van der Waals surface area (Å²) in [5.41, 5.74) is 2.14. The number of benzene rings is 1. The third kappa shape index (κ3) is 4.08. The molecule has 4 nitrogen and oxygen atoms in total. The maximum absolute atomic E-state index is 11.9. The van der Waals surface area contributed by atoms with Crippen molar-refractivity contribution in [1.29, 1.82) is 0 Å². The summed E-state index contributed by atoms with van der Waals surface area (Å²) in [4.78, 5) is 0. The average molecular weight is 268 g/mol. The topological polar surface area (TPSA) is 58.2 Å². The normalized spacial score (nSPS) is 20.2. The van der Waals surface area contributed by atoms with Crippen molar-refractivity contribution in [2.45, 2.75) is 32.4 Å². The maximum Gasteiger partial charge on any atom is 0.213 e. The molecule has 1 aromatic rings. The highest BCUT2D eigenvalue weighted by molar-refractivity contribution is 7.89. The lowest BCUT2D eigenvalue weighted by atomic mass is 10.1. The third-order valence-electron chi connectivity index (χ3n) is 3.16. The van der Waals surface area contributed by atoms with Crippen LogP contribution in [0.1, 0.15) is 24.0 Å². The van der Waals surface area contributed by atoms with Gasteiger partial charge in [-0.3, -0.25) is 0 Å². The van der Waals surface area contributed by atoms with Crippen LogP contribution >= 0.6 is 0 Å². The van der Waals surface area contributed by atoms with Crippen molar-refractivity contribution in [3.8, 4) is 0 Å². The second-order valence-electron chi connectivity index (χ2n) is 4.88. The van der Waals surface area contributed by atoms with Crippen LogP contribution in [0, 0.1) is 6.92 Å². The monoisotopic (exact) mass is 268 g/mol. The van der Waals surface area contributed by atoms with Crippen molar-refractivity contribution in [3.05, 3.63) is 35.4 Å². The number of rotatable bonds is 5. The van der Waals surface area contributed by atoms with E-state index in [2.05, 4.69) is 10.0 Å². The van der Waals surface area contributed by atoms with Gasteiger partial charge in [-0.1, -0.05) is 29.8 Å². The first-order chi connectivity index (χ1) is 8.55. The Hall–Kier alpha value is -0.910. The third-order valence-corrected chi connectivity index (χ3v) is 4.59. The van der Waals surface area contributed by atoms with Crippen molar-refractivity contribution >= 4 is 10.0 Å². The number of aryl methyl sites for hydroxylation is 1. The quantitative estimate of drug-likeness (QED) is 0.842. The van der Waals surface area contributed by atoms with Crippen LogP contribution in [-0.4, -0.2) is 26.8 Å². The smallest absolute Gasteiger partial charge is 0.213 e. The van der Waals surface area contributed by atoms with Gasteiger partial charge in [0.1, 0.15) is 0 Å². The van der Waals surface area contributed by atoms with E-state index in [1.165, 1.54) is 0 Å². The molecule has 1 fully saturated rings. The molecule has 1 aliphatic rings. The molecule has 0 spiro atoms. The number of hydrogen-bond donors (Lipinski definition) is 2. The van der Waals surface area contributed by atoms with E-state index in [0.29, 0.717) is 6.54 Å². The highest BCUT2D eigenvalue weighted by atomic mass is 32.2. The van der Waals surface area contributed by atoms with Gasteiger partial charge < -0.3 is 5.32 Å². The minimum absolute atomic E-state index is 0.111. The molecule has 0 aliphatic carbocycles. The molecule has 0 radical (unpaired) electrons. The zero-order chi connectivity index (χ0) is 13.0. The summed E-state index contributed by atoms with van der Waals surface area (Å²) in [5.74, 6) is 0.179. The summed E-state index contributed by atoms with van der Waals surface area (Å²) in [6.07, 6.45) is 2.02. The Morgan fingerprint density at radius 3 is 2.94 bits per heavy atom. The van der Waals surface area contributed by atoms with Crippen LogP contribution in [0.5, 0.6) is 0 Å². The molecule has 18 heavy (non-hydrogen) atoms. The van der Waals surface area contributed by atoms with E-state index in [9.17, 15) is 8.42 Å². The second kappa shape index (κ2) is 5.82. The molecule has 1 aromatic carbocycles. The van der Waals surface area contributed by atoms with Gasteiger partial charge in [0, 0.05) is 12.6 Å². The van der Waals surface area contributed by atoms with Crippen molar-refractivity contribution in [2.75, 3.05) is 12.3 Å². The van der Waals surface area contributed by atoms with Crippen LogP contribution in [0.2, 0.25) is 0 Å². The van der Waals surface area contributed by atoms with E-state index >= 15 is 0 Å². The Morgan fingerprint density at radius 2 is 2.28 bits per heavy atom. The zero-order valence-corrected chi connectivity index (χ0v) is 11.5. The van der Waals surface area contributed by atoms with Gasteiger partial charge in [-0.15, -0.1) is 0 Å². The first-order valence-electron chi connectivity index (χ1n) is 6.31. The maximum atomic E-state index is 11.9. The molecule has 1 heterocycles. The number of sulfonamides is 1. The van der Waals surface area contributed by atoms with E-state index in [1.54, 1.807) is 0 Å². The van der Waals surface area contributed by atoms with E-state index < -0.39 is 10.0 Å². The summed E-state index contributed by atoms with van der Waals surface area (Å²) in [6, 6.07) is 7.98. The molecular weight excluding hydrogens is 248 g/mol. The molecule has 0 bridgehead atoms. The summed E-state index contributed by atoms with van der Waals surface area (Å²) >= 11 is 0. The van der Waals surface area contributed by atoms with Gasteiger partial charge in [0.15, 0.2) is 0 Å². The van der Waals surface area contributed by atoms with Crippen LogP contribution in [0.4, 0.5) is 0 Å². The highest BCUT2D eigenvalue weighted by Gasteiger charge is 2.21. The molecule has 1 atom stereocenters. The standard InChI is InChI=1S/C13H20N2O2S/c1-11-4-2-5-12(8-11)9-15-18(16,17)10-13-6-3-7-14-13/h2,4-5,8,13-15H,3,6-7,9-10H2,1H3. The van der Waals surface area contributed by atoms with E-state index in [0.717, 1.165) is 30.5 Å². The number of hydrogen-bond acceptors (Lipinski definition) is 3. The molecule has 100 valence electrons. The molecular formula is C13H20N2O2S. The van der Waals surface area contributed by atoms with Gasteiger partial charge in [-0.2, -0.15) is 0 Å². The minimum atomic E-state index is -3.19. The average Bonchev–Trinajstić information content (AvgIpc) is 2.79. The lowest BCUT2D eigenvalue weighted by Gasteiger charge is -2.12. The van der Waals surface area contributed by atoms with Gasteiger partial charge in [-0.25, -0.2) is 13.1 Å². The molecule has 1 unspecified atom stereocenters. The van der Waals surface area contributed by atoms with E-state index in [1.807, 2.05) is 31.2 Å². The van der Waals surface area contributed by atoms with Crippen LogP contribution in [-0.2, 0) is 16.6 Å². The first kappa shape index (κ1) is 13.5. The predicted octanol–water partition coefficient (Wildman–Crippen LogP) is 1.17. The Morgan fingerprint density at radius 1 is 1.44 bits per heavy atom. The Labute approximate surface area is 109 Å². The molecule has 5 heteroatoms. The van der Waals surface area contributed by atoms with Crippen molar-refractivity contribution in [2.24, 2.45) is 0 Å². The summed E-state index contributed by atoms with van der Waals surface area (Å²) in [6.45, 7) is 3.30. The molecule has 1 saturated heterocycles. The lowest BCUT2D eigenvalue weighted by molar-refractivity contribution is 0.563. The Kier molecular flexibility index (Phi) is 4.37. The second-order valence-corrected chi connectivity index (χ2v) is 6.74. The molecule has 0 amide bonds. The van der Waals surface area contributed by atoms with Gasteiger partial charge in [-0.05, 0) is 31.9 Å². The summed E-state index contributed by atoms with van der Waals surface area (Å²) in [5, 5.41) is 3.20. The van der Waals surface area contributed by atoms with Crippen molar-refractivity contribution < 1.29 is 8.42 Å². The van der Waals surface area contributed by atoms with Crippen LogP contribution in [0.15, 0.2) is 24.3 Å². The molecule has 2 N–H and O–H groups in total. The van der Waals surface area contributed by atoms with Crippen LogP contribution < -0.4 is 10.0 Å². The van der Waals surface area contributed by atoms with Crippen LogP contribution in [0.3, 0.4) is 0 Å². The van der Waals surface area contributed by atoms with Crippen LogP contribution in [0.25, 0.3) is 0 Å². The highest BCUT2D eigenvalue weighted by Crippen LogP contribution is 2.08. The molecule has 0 aromatic heterocycles. The van der Waals surface area contributed by atoms with Gasteiger partial charge >= 0.3 is 0 Å². The molecule has 0 saturated carbocycles. The fourth-order valence-electron chi connectivity index (χ4n) is 2.24. The lowest BCUT2D eigenvalue weighted by Crippen LogP contribution is -2.36. The zero-order valence-electron chi connectivity index (χ0n) is 10.6. The Balaban J connectivity index is 1.88. The van der Waals surface area contributed by atoms with Crippen molar-refractivity contribution in [1.82, 2.24) is 10.0 Å². The largest absolute Gasteiger partial charge is 0.313 e. The summed E-state index contributed by atoms with van der Waals surface area (Å²) in [7, 11) is -3.19. The van der Waals surface area contributed by atoms with Gasteiger partial charge in [0.05, 0.1) is 5.75 Å².